The molecule has 0 aliphatic carbocycles. The molecule has 0 saturated carbocycles. The fraction of sp³-hybridized carbons (Fsp3) is 0. The van der Waals surface area contributed by atoms with Gasteiger partial charge in [0, 0.05) is 0 Å². The second-order valence-corrected chi connectivity index (χ2v) is 3.65. The van der Waals surface area contributed by atoms with Crippen LogP contribution in [0.4, 0.5) is 0 Å². The number of hydrogen-bond donors (Lipinski definition) is 1. The van der Waals surface area contributed by atoms with E-state index in [0.717, 1.165) is 16.8 Å². The number of fused-ring (bicyclic) bond motifs is 1. The van der Waals surface area contributed by atoms with Gasteiger partial charge < -0.3 is 10.3 Å². The van der Waals surface area contributed by atoms with Crippen LogP contribution < -0.4 is 11.5 Å². The zero-order chi connectivity index (χ0) is 11.7. The Hall–Kier alpha value is -2.49. The molecule has 0 saturated heterocycles. The molecule has 3 aromatic rings. The number of aromatic nitrogens is 1. The standard InChI is InChI=1S/C13H11N3O/c14-15-13-16(10-6-2-1-3-7-10)11-8-4-5-9-12(11)17-13/h1-9H,14H2/b15-13-. The molecule has 17 heavy (non-hydrogen) atoms. The van der Waals surface area contributed by atoms with Gasteiger partial charge in [0.25, 0.3) is 0 Å². The van der Waals surface area contributed by atoms with Crippen molar-refractivity contribution >= 4 is 11.1 Å². The quantitative estimate of drug-likeness (QED) is 0.508. The molecule has 2 N–H and O–H groups in total. The summed E-state index contributed by atoms with van der Waals surface area (Å²) in [5.41, 5.74) is 3.07. The average molecular weight is 225 g/mol. The third kappa shape index (κ3) is 1.50. The summed E-state index contributed by atoms with van der Waals surface area (Å²) in [5, 5.41) is 3.68. The highest BCUT2D eigenvalue weighted by Crippen LogP contribution is 2.16. The number of hydrogen-bond acceptors (Lipinski definition) is 3. The lowest BCUT2D eigenvalue weighted by atomic mass is 10.3. The third-order valence-corrected chi connectivity index (χ3v) is 2.62. The molecule has 0 amide bonds. The zero-order valence-electron chi connectivity index (χ0n) is 9.08. The molecule has 0 aliphatic heterocycles. The van der Waals surface area contributed by atoms with Crippen molar-refractivity contribution in [2.75, 3.05) is 0 Å². The van der Waals surface area contributed by atoms with Gasteiger partial charge in [0.2, 0.25) is 0 Å². The summed E-state index contributed by atoms with van der Waals surface area (Å²) < 4.78 is 7.46. The predicted molar refractivity (Wildman–Crippen MR) is 65.3 cm³/mol. The Labute approximate surface area is 97.6 Å². The normalized spacial score (nSPS) is 12.1. The van der Waals surface area contributed by atoms with E-state index in [2.05, 4.69) is 5.10 Å². The van der Waals surface area contributed by atoms with Crippen LogP contribution in [0.2, 0.25) is 0 Å². The number of nitrogens with zero attached hydrogens (tertiary/aromatic N) is 2. The number of para-hydroxylation sites is 3. The van der Waals surface area contributed by atoms with Crippen LogP contribution in [0.5, 0.6) is 0 Å². The highest BCUT2D eigenvalue weighted by Gasteiger charge is 2.08. The van der Waals surface area contributed by atoms with E-state index < -0.39 is 0 Å². The number of benzene rings is 2. The molecule has 2 aromatic carbocycles. The van der Waals surface area contributed by atoms with Gasteiger partial charge in [-0.25, -0.2) is 0 Å². The van der Waals surface area contributed by atoms with Crippen molar-refractivity contribution in [1.29, 1.82) is 0 Å². The van der Waals surface area contributed by atoms with E-state index in [1.54, 1.807) is 0 Å². The van der Waals surface area contributed by atoms with E-state index in [4.69, 9.17) is 10.3 Å². The van der Waals surface area contributed by atoms with E-state index in [1.165, 1.54) is 0 Å². The highest BCUT2D eigenvalue weighted by atomic mass is 16.4. The number of nitrogens with two attached hydrogens (primary N) is 1. The first-order chi connectivity index (χ1) is 8.40. The highest BCUT2D eigenvalue weighted by molar-refractivity contribution is 5.74. The summed E-state index contributed by atoms with van der Waals surface area (Å²) in [4.78, 5) is 0. The van der Waals surface area contributed by atoms with Gasteiger partial charge in [0.05, 0.1) is 11.2 Å². The third-order valence-electron chi connectivity index (χ3n) is 2.62. The van der Waals surface area contributed by atoms with Crippen molar-refractivity contribution in [2.24, 2.45) is 10.9 Å². The summed E-state index contributed by atoms with van der Waals surface area (Å²) >= 11 is 0. The first kappa shape index (κ1) is 9.72. The van der Waals surface area contributed by atoms with Crippen LogP contribution >= 0.6 is 0 Å². The van der Waals surface area contributed by atoms with Gasteiger partial charge >= 0.3 is 5.68 Å². The van der Waals surface area contributed by atoms with Crippen molar-refractivity contribution in [3.63, 3.8) is 0 Å². The minimum absolute atomic E-state index is 0.386. The second-order valence-electron chi connectivity index (χ2n) is 3.65. The van der Waals surface area contributed by atoms with Crippen LogP contribution in [-0.2, 0) is 0 Å². The molecule has 0 spiro atoms. The molecular formula is C13H11N3O. The van der Waals surface area contributed by atoms with Crippen molar-refractivity contribution in [3.8, 4) is 5.69 Å². The van der Waals surface area contributed by atoms with E-state index in [-0.39, 0.29) is 0 Å². The van der Waals surface area contributed by atoms with Crippen LogP contribution in [-0.4, -0.2) is 4.57 Å². The van der Waals surface area contributed by atoms with Crippen LogP contribution in [0, 0.1) is 0 Å². The van der Waals surface area contributed by atoms with E-state index >= 15 is 0 Å². The molecule has 4 nitrogen and oxygen atoms in total. The van der Waals surface area contributed by atoms with Crippen molar-refractivity contribution in [1.82, 2.24) is 4.57 Å². The molecule has 0 atom stereocenters. The van der Waals surface area contributed by atoms with Crippen LogP contribution in [0.25, 0.3) is 16.8 Å². The summed E-state index contributed by atoms with van der Waals surface area (Å²) in [5.74, 6) is 5.36. The fourth-order valence-electron chi connectivity index (χ4n) is 1.89. The lowest BCUT2D eigenvalue weighted by molar-refractivity contribution is 0.513. The molecular weight excluding hydrogens is 214 g/mol. The monoisotopic (exact) mass is 225 g/mol. The molecule has 1 aromatic heterocycles. The molecule has 0 unspecified atom stereocenters. The SMILES string of the molecule is N/N=c1\oc2ccccc2n1-c1ccccc1. The summed E-state index contributed by atoms with van der Waals surface area (Å²) in [6.45, 7) is 0. The Balaban J connectivity index is 2.43. The molecule has 1 heterocycles. The van der Waals surface area contributed by atoms with Crippen LogP contribution in [0.1, 0.15) is 0 Å². The minimum Gasteiger partial charge on any atom is -0.422 e. The van der Waals surface area contributed by atoms with Gasteiger partial charge in [-0.1, -0.05) is 30.3 Å². The Kier molecular flexibility index (Phi) is 2.19. The zero-order valence-corrected chi connectivity index (χ0v) is 9.08. The summed E-state index contributed by atoms with van der Waals surface area (Å²) in [7, 11) is 0. The number of oxazole rings is 1. The van der Waals surface area contributed by atoms with E-state index in [9.17, 15) is 0 Å². The summed E-state index contributed by atoms with van der Waals surface area (Å²) in [6, 6.07) is 17.6. The molecule has 4 heteroatoms. The van der Waals surface area contributed by atoms with Gasteiger partial charge in [0.15, 0.2) is 5.58 Å². The topological polar surface area (TPSA) is 56.4 Å². The van der Waals surface area contributed by atoms with Gasteiger partial charge in [-0.15, -0.1) is 5.10 Å². The molecule has 0 fully saturated rings. The van der Waals surface area contributed by atoms with Gasteiger partial charge in [-0.3, -0.25) is 4.57 Å². The predicted octanol–water partition coefficient (Wildman–Crippen LogP) is 2.00. The lowest BCUT2D eigenvalue weighted by Gasteiger charge is -2.01. The lowest BCUT2D eigenvalue weighted by Crippen LogP contribution is -2.16. The van der Waals surface area contributed by atoms with E-state index in [1.807, 2.05) is 59.2 Å². The maximum absolute atomic E-state index is 5.57. The Morgan fingerprint density at radius 2 is 1.65 bits per heavy atom. The number of rotatable bonds is 1. The Bertz CT molecular complexity index is 710. The van der Waals surface area contributed by atoms with Crippen LogP contribution in [0.15, 0.2) is 64.1 Å². The Morgan fingerprint density at radius 1 is 0.941 bits per heavy atom. The maximum atomic E-state index is 5.57. The van der Waals surface area contributed by atoms with Gasteiger partial charge in [0.1, 0.15) is 0 Å². The van der Waals surface area contributed by atoms with Gasteiger partial charge in [-0.05, 0) is 24.3 Å². The smallest absolute Gasteiger partial charge is 0.323 e. The molecule has 0 aliphatic rings. The van der Waals surface area contributed by atoms with E-state index in [0.29, 0.717) is 5.68 Å². The Morgan fingerprint density at radius 3 is 2.41 bits per heavy atom. The molecule has 3 rings (SSSR count). The molecule has 84 valence electrons. The van der Waals surface area contributed by atoms with Crippen molar-refractivity contribution in [3.05, 3.63) is 60.3 Å². The first-order valence-corrected chi connectivity index (χ1v) is 5.30. The second kappa shape index (κ2) is 3.83. The minimum atomic E-state index is 0.386. The largest absolute Gasteiger partial charge is 0.422 e. The first-order valence-electron chi connectivity index (χ1n) is 5.30. The maximum Gasteiger partial charge on any atom is 0.323 e. The van der Waals surface area contributed by atoms with Crippen LogP contribution in [0.3, 0.4) is 0 Å². The van der Waals surface area contributed by atoms with Gasteiger partial charge in [-0.2, -0.15) is 0 Å². The molecule has 0 radical (unpaired) electrons. The van der Waals surface area contributed by atoms with Crippen molar-refractivity contribution in [2.45, 2.75) is 0 Å². The average Bonchev–Trinajstić information content (AvgIpc) is 2.78. The fourth-order valence-corrected chi connectivity index (χ4v) is 1.89. The molecule has 0 bridgehead atoms. The van der Waals surface area contributed by atoms with Crippen molar-refractivity contribution < 1.29 is 4.42 Å². The summed E-state index contributed by atoms with van der Waals surface area (Å²) in [6.07, 6.45) is 0.